The van der Waals surface area contributed by atoms with E-state index in [-0.39, 0.29) is 17.7 Å². The van der Waals surface area contributed by atoms with Crippen LogP contribution in [0.3, 0.4) is 0 Å². The molecule has 0 heterocycles. The summed E-state index contributed by atoms with van der Waals surface area (Å²) in [6.07, 6.45) is 1.80. The smallest absolute Gasteiger partial charge is 0.326 e. The van der Waals surface area contributed by atoms with Crippen LogP contribution in [0.4, 0.5) is 0 Å². The minimum Gasteiger partial charge on any atom is -0.480 e. The molecule has 4 heteroatoms. The predicted molar refractivity (Wildman–Crippen MR) is 47.1 cm³/mol. The van der Waals surface area contributed by atoms with Crippen LogP contribution in [-0.2, 0) is 9.59 Å². The summed E-state index contributed by atoms with van der Waals surface area (Å²) in [5.74, 6) is -1.06. The van der Waals surface area contributed by atoms with Crippen LogP contribution in [0.1, 0.15) is 26.7 Å². The van der Waals surface area contributed by atoms with E-state index in [1.165, 1.54) is 0 Å². The fourth-order valence-corrected chi connectivity index (χ4v) is 1.13. The molecule has 1 saturated carbocycles. The molecule has 0 saturated heterocycles. The number of carboxylic acids is 1. The van der Waals surface area contributed by atoms with E-state index in [1.807, 2.05) is 0 Å². The highest BCUT2D eigenvalue weighted by atomic mass is 16.4. The Morgan fingerprint density at radius 1 is 1.38 bits per heavy atom. The van der Waals surface area contributed by atoms with E-state index >= 15 is 0 Å². The number of amides is 1. The number of carbonyl (C=O) groups excluding carboxylic acids is 1. The fourth-order valence-electron chi connectivity index (χ4n) is 1.13. The Hall–Kier alpha value is -1.06. The van der Waals surface area contributed by atoms with Gasteiger partial charge in [-0.2, -0.15) is 0 Å². The molecule has 0 radical (unpaired) electrons. The zero-order chi connectivity index (χ0) is 10.0. The number of nitrogens with one attached hydrogen (secondary N) is 1. The summed E-state index contributed by atoms with van der Waals surface area (Å²) in [6, 6.07) is -0.743. The van der Waals surface area contributed by atoms with Crippen molar-refractivity contribution in [1.82, 2.24) is 5.32 Å². The van der Waals surface area contributed by atoms with Crippen LogP contribution in [0, 0.1) is 11.8 Å². The Balaban J connectivity index is 2.46. The molecule has 0 aliphatic heterocycles. The lowest BCUT2D eigenvalue weighted by Crippen LogP contribution is -2.44. The molecule has 13 heavy (non-hydrogen) atoms. The zero-order valence-corrected chi connectivity index (χ0v) is 7.91. The van der Waals surface area contributed by atoms with Crippen molar-refractivity contribution >= 4 is 11.9 Å². The lowest BCUT2D eigenvalue weighted by atomic mass is 10.0. The Bertz CT molecular complexity index is 221. The standard InChI is InChI=1S/C9H15NO3/c1-5(2)7(9(12)13)10-8(11)6-3-4-6/h5-7H,3-4H2,1-2H3,(H,10,11)(H,12,13)/t7-/m0/s1. The SMILES string of the molecule is CC(C)[C@H](NC(=O)C1CC1)C(=O)O. The topological polar surface area (TPSA) is 66.4 Å². The molecular weight excluding hydrogens is 170 g/mol. The summed E-state index contributed by atoms with van der Waals surface area (Å²) in [6.45, 7) is 3.57. The van der Waals surface area contributed by atoms with Crippen molar-refractivity contribution in [3.05, 3.63) is 0 Å². The first-order chi connectivity index (χ1) is 6.02. The highest BCUT2D eigenvalue weighted by molar-refractivity contribution is 5.86. The molecule has 1 aliphatic rings. The van der Waals surface area contributed by atoms with Crippen LogP contribution in [-0.4, -0.2) is 23.0 Å². The number of hydrogen-bond acceptors (Lipinski definition) is 2. The van der Waals surface area contributed by atoms with Gasteiger partial charge in [0, 0.05) is 5.92 Å². The van der Waals surface area contributed by atoms with Crippen molar-refractivity contribution in [2.24, 2.45) is 11.8 Å². The van der Waals surface area contributed by atoms with E-state index in [9.17, 15) is 9.59 Å². The number of aliphatic carboxylic acids is 1. The molecule has 1 atom stereocenters. The van der Waals surface area contributed by atoms with Crippen LogP contribution in [0.15, 0.2) is 0 Å². The molecule has 74 valence electrons. The quantitative estimate of drug-likeness (QED) is 0.674. The third kappa shape index (κ3) is 2.72. The lowest BCUT2D eigenvalue weighted by molar-refractivity contribution is -0.143. The van der Waals surface area contributed by atoms with Gasteiger partial charge in [-0.25, -0.2) is 4.79 Å². The molecule has 0 aromatic carbocycles. The first-order valence-corrected chi connectivity index (χ1v) is 4.55. The van der Waals surface area contributed by atoms with E-state index in [0.29, 0.717) is 0 Å². The molecule has 1 aliphatic carbocycles. The van der Waals surface area contributed by atoms with Gasteiger partial charge >= 0.3 is 5.97 Å². The van der Waals surface area contributed by atoms with Crippen molar-refractivity contribution in [3.8, 4) is 0 Å². The van der Waals surface area contributed by atoms with Crippen LogP contribution in [0.2, 0.25) is 0 Å². The Kier molecular flexibility index (Phi) is 2.90. The van der Waals surface area contributed by atoms with E-state index in [1.54, 1.807) is 13.8 Å². The average molecular weight is 185 g/mol. The van der Waals surface area contributed by atoms with E-state index in [0.717, 1.165) is 12.8 Å². The first-order valence-electron chi connectivity index (χ1n) is 4.55. The molecule has 0 unspecified atom stereocenters. The molecule has 0 aromatic rings. The number of rotatable bonds is 4. The third-order valence-electron chi connectivity index (χ3n) is 2.18. The second-order valence-electron chi connectivity index (χ2n) is 3.84. The Labute approximate surface area is 77.3 Å². The van der Waals surface area contributed by atoms with Gasteiger partial charge in [-0.05, 0) is 18.8 Å². The summed E-state index contributed by atoms with van der Waals surface area (Å²) < 4.78 is 0. The minimum absolute atomic E-state index is 0.0693. The average Bonchev–Trinajstić information content (AvgIpc) is 2.80. The van der Waals surface area contributed by atoms with Crippen LogP contribution >= 0.6 is 0 Å². The maximum Gasteiger partial charge on any atom is 0.326 e. The van der Waals surface area contributed by atoms with Crippen molar-refractivity contribution in [1.29, 1.82) is 0 Å². The highest BCUT2D eigenvalue weighted by Gasteiger charge is 2.33. The maximum atomic E-state index is 11.3. The van der Waals surface area contributed by atoms with Crippen molar-refractivity contribution in [3.63, 3.8) is 0 Å². The summed E-state index contributed by atoms with van der Waals surface area (Å²) in [5, 5.41) is 11.3. The number of hydrogen-bond donors (Lipinski definition) is 2. The molecule has 0 spiro atoms. The molecule has 0 aromatic heterocycles. The molecular formula is C9H15NO3. The summed E-state index contributed by atoms with van der Waals surface area (Å²) in [7, 11) is 0. The van der Waals surface area contributed by atoms with Crippen molar-refractivity contribution < 1.29 is 14.7 Å². The van der Waals surface area contributed by atoms with Gasteiger partial charge in [0.05, 0.1) is 0 Å². The normalized spacial score (nSPS) is 18.4. The molecule has 4 nitrogen and oxygen atoms in total. The monoisotopic (exact) mass is 185 g/mol. The van der Waals surface area contributed by atoms with Gasteiger partial charge in [-0.3, -0.25) is 4.79 Å². The van der Waals surface area contributed by atoms with Gasteiger partial charge in [0.15, 0.2) is 0 Å². The first kappa shape index (κ1) is 10.0. The maximum absolute atomic E-state index is 11.3. The second kappa shape index (κ2) is 3.77. The Morgan fingerprint density at radius 3 is 2.23 bits per heavy atom. The molecule has 0 bridgehead atoms. The largest absolute Gasteiger partial charge is 0.480 e. The van der Waals surface area contributed by atoms with Gasteiger partial charge in [-0.1, -0.05) is 13.8 Å². The molecule has 2 N–H and O–H groups in total. The van der Waals surface area contributed by atoms with E-state index < -0.39 is 12.0 Å². The second-order valence-corrected chi connectivity index (χ2v) is 3.84. The van der Waals surface area contributed by atoms with Gasteiger partial charge in [0.1, 0.15) is 6.04 Å². The summed E-state index contributed by atoms with van der Waals surface area (Å²) in [5.41, 5.74) is 0. The van der Waals surface area contributed by atoms with Crippen LogP contribution < -0.4 is 5.32 Å². The predicted octanol–water partition coefficient (Wildman–Crippen LogP) is 0.622. The number of carbonyl (C=O) groups is 2. The highest BCUT2D eigenvalue weighted by Crippen LogP contribution is 2.29. The van der Waals surface area contributed by atoms with Crippen LogP contribution in [0.25, 0.3) is 0 Å². The van der Waals surface area contributed by atoms with Gasteiger partial charge < -0.3 is 10.4 Å². The minimum atomic E-state index is -0.955. The molecule has 1 rings (SSSR count). The van der Waals surface area contributed by atoms with E-state index in [4.69, 9.17) is 5.11 Å². The number of carboxylic acid groups (broad SMARTS) is 1. The van der Waals surface area contributed by atoms with Gasteiger partial charge in [-0.15, -0.1) is 0 Å². The Morgan fingerprint density at radius 2 is 1.92 bits per heavy atom. The van der Waals surface area contributed by atoms with Gasteiger partial charge in [0.25, 0.3) is 0 Å². The third-order valence-corrected chi connectivity index (χ3v) is 2.18. The fraction of sp³-hybridized carbons (Fsp3) is 0.778. The summed E-state index contributed by atoms with van der Waals surface area (Å²) >= 11 is 0. The van der Waals surface area contributed by atoms with Gasteiger partial charge in [0.2, 0.25) is 5.91 Å². The molecule has 1 fully saturated rings. The van der Waals surface area contributed by atoms with Crippen molar-refractivity contribution in [2.75, 3.05) is 0 Å². The lowest BCUT2D eigenvalue weighted by Gasteiger charge is -2.17. The van der Waals surface area contributed by atoms with Crippen molar-refractivity contribution in [2.45, 2.75) is 32.7 Å². The zero-order valence-electron chi connectivity index (χ0n) is 7.91. The van der Waals surface area contributed by atoms with E-state index in [2.05, 4.69) is 5.32 Å². The summed E-state index contributed by atoms with van der Waals surface area (Å²) in [4.78, 5) is 22.0. The molecule has 1 amide bonds. The van der Waals surface area contributed by atoms with Crippen LogP contribution in [0.5, 0.6) is 0 Å².